The lowest BCUT2D eigenvalue weighted by molar-refractivity contribution is -0.137. The summed E-state index contributed by atoms with van der Waals surface area (Å²) >= 11 is 0. The molecular formula is C21H16F4N4O3. The number of nitrogens with zero attached hydrogens (tertiary/aromatic N) is 3. The highest BCUT2D eigenvalue weighted by molar-refractivity contribution is 5.99. The summed E-state index contributed by atoms with van der Waals surface area (Å²) in [7, 11) is 1.42. The summed E-state index contributed by atoms with van der Waals surface area (Å²) < 4.78 is 64.4. The van der Waals surface area contributed by atoms with Crippen LogP contribution in [0.15, 0.2) is 24.4 Å². The SMILES string of the molecule is CN(C(=O)c1cc2c3c(c(N)nc2cc1F)COC3)C1COc2cc(C(F)(F)F)cnc21. The van der Waals surface area contributed by atoms with Crippen LogP contribution in [0.5, 0.6) is 5.75 Å². The Morgan fingerprint density at radius 2 is 1.97 bits per heavy atom. The van der Waals surface area contributed by atoms with Gasteiger partial charge in [-0.25, -0.2) is 9.37 Å². The summed E-state index contributed by atoms with van der Waals surface area (Å²) in [5.74, 6) is -1.26. The van der Waals surface area contributed by atoms with Gasteiger partial charge in [0.2, 0.25) is 0 Å². The number of ether oxygens (including phenoxy) is 2. The number of anilines is 1. The quantitative estimate of drug-likeness (QED) is 0.603. The standard InChI is InChI=1S/C21H16F4N4O3/c1-29(16-8-32-17-2-9(21(23,24)25)5-27-18(16)17)20(30)11-3-10-12-6-31-7-13(12)19(26)28-15(10)4-14(11)22/h2-5,16H,6-8H2,1H3,(H2,26,28). The number of rotatable bonds is 2. The number of halogens is 4. The zero-order valence-electron chi connectivity index (χ0n) is 16.7. The van der Waals surface area contributed by atoms with Crippen molar-refractivity contribution in [1.82, 2.24) is 14.9 Å². The molecule has 0 spiro atoms. The van der Waals surface area contributed by atoms with E-state index in [4.69, 9.17) is 15.2 Å². The molecule has 0 saturated carbocycles. The first-order valence-electron chi connectivity index (χ1n) is 9.60. The number of hydrogen-bond acceptors (Lipinski definition) is 6. The van der Waals surface area contributed by atoms with Crippen molar-refractivity contribution in [3.8, 4) is 5.75 Å². The van der Waals surface area contributed by atoms with E-state index in [-0.39, 0.29) is 42.6 Å². The molecule has 0 saturated heterocycles. The van der Waals surface area contributed by atoms with Crippen molar-refractivity contribution in [1.29, 1.82) is 0 Å². The molecule has 7 nitrogen and oxygen atoms in total. The number of likely N-dealkylation sites (N-methyl/N-ethyl adjacent to an activating group) is 1. The topological polar surface area (TPSA) is 90.6 Å². The number of carbonyl (C=O) groups excluding carboxylic acids is 1. The smallest absolute Gasteiger partial charge is 0.418 e. The largest absolute Gasteiger partial charge is 0.489 e. The van der Waals surface area contributed by atoms with E-state index < -0.39 is 29.5 Å². The molecule has 4 heterocycles. The third-order valence-electron chi connectivity index (χ3n) is 5.76. The summed E-state index contributed by atoms with van der Waals surface area (Å²) in [5, 5.41) is 0.556. The highest BCUT2D eigenvalue weighted by atomic mass is 19.4. The lowest BCUT2D eigenvalue weighted by atomic mass is 10.0. The Hall–Kier alpha value is -3.47. The van der Waals surface area contributed by atoms with E-state index in [2.05, 4.69) is 9.97 Å². The zero-order valence-corrected chi connectivity index (χ0v) is 16.7. The molecule has 2 aliphatic heterocycles. The predicted molar refractivity (Wildman–Crippen MR) is 104 cm³/mol. The monoisotopic (exact) mass is 448 g/mol. The molecule has 1 unspecified atom stereocenters. The number of pyridine rings is 2. The van der Waals surface area contributed by atoms with Crippen LogP contribution in [0.25, 0.3) is 10.9 Å². The summed E-state index contributed by atoms with van der Waals surface area (Å²) in [5.41, 5.74) is 6.70. The third kappa shape index (κ3) is 3.11. The van der Waals surface area contributed by atoms with Crippen LogP contribution in [0.4, 0.5) is 23.4 Å². The van der Waals surface area contributed by atoms with Crippen molar-refractivity contribution in [3.63, 3.8) is 0 Å². The molecule has 0 radical (unpaired) electrons. The Balaban J connectivity index is 1.50. The molecular weight excluding hydrogens is 432 g/mol. The zero-order chi connectivity index (χ0) is 22.8. The van der Waals surface area contributed by atoms with Crippen molar-refractivity contribution in [3.05, 3.63) is 58.2 Å². The molecule has 0 fully saturated rings. The number of nitrogen functional groups attached to an aromatic ring is 1. The number of carbonyl (C=O) groups is 1. The van der Waals surface area contributed by atoms with Gasteiger partial charge in [-0.05, 0) is 17.7 Å². The third-order valence-corrected chi connectivity index (χ3v) is 5.76. The summed E-state index contributed by atoms with van der Waals surface area (Å²) in [6.45, 7) is 0.456. The number of aromatic nitrogens is 2. The Bertz CT molecular complexity index is 1280. The van der Waals surface area contributed by atoms with E-state index in [9.17, 15) is 22.4 Å². The lowest BCUT2D eigenvalue weighted by Gasteiger charge is -2.23. The van der Waals surface area contributed by atoms with Gasteiger partial charge in [0, 0.05) is 30.3 Å². The molecule has 5 rings (SSSR count). The maximum absolute atomic E-state index is 14.8. The van der Waals surface area contributed by atoms with Gasteiger partial charge in [0.05, 0.1) is 29.9 Å². The fourth-order valence-corrected chi connectivity index (χ4v) is 4.01. The van der Waals surface area contributed by atoms with E-state index in [1.807, 2.05) is 0 Å². The lowest BCUT2D eigenvalue weighted by Crippen LogP contribution is -2.33. The van der Waals surface area contributed by atoms with Crippen molar-refractivity contribution in [2.24, 2.45) is 0 Å². The molecule has 11 heteroatoms. The van der Waals surface area contributed by atoms with Crippen molar-refractivity contribution in [2.45, 2.75) is 25.4 Å². The van der Waals surface area contributed by atoms with Gasteiger partial charge in [-0.3, -0.25) is 9.78 Å². The highest BCUT2D eigenvalue weighted by Crippen LogP contribution is 2.39. The minimum atomic E-state index is -4.57. The van der Waals surface area contributed by atoms with E-state index in [1.54, 1.807) is 0 Å². The number of benzene rings is 1. The first kappa shape index (κ1) is 20.4. The average Bonchev–Trinajstić information content (AvgIpc) is 3.39. The number of fused-ring (bicyclic) bond motifs is 4. The van der Waals surface area contributed by atoms with Crippen LogP contribution in [0, 0.1) is 5.82 Å². The van der Waals surface area contributed by atoms with Crippen LogP contribution < -0.4 is 10.5 Å². The molecule has 0 bridgehead atoms. The van der Waals surface area contributed by atoms with Crippen LogP contribution in [0.1, 0.15) is 38.8 Å². The second-order valence-electron chi connectivity index (χ2n) is 7.64. The Labute approximate surface area is 178 Å². The number of hydrogen-bond donors (Lipinski definition) is 1. The van der Waals surface area contributed by atoms with Crippen molar-refractivity contribution >= 4 is 22.6 Å². The molecule has 2 N–H and O–H groups in total. The van der Waals surface area contributed by atoms with Crippen LogP contribution >= 0.6 is 0 Å². The number of amides is 1. The molecule has 1 atom stereocenters. The second-order valence-corrected chi connectivity index (χ2v) is 7.64. The predicted octanol–water partition coefficient (Wildman–Crippen LogP) is 3.61. The maximum Gasteiger partial charge on any atom is 0.418 e. The van der Waals surface area contributed by atoms with Crippen molar-refractivity contribution in [2.75, 3.05) is 19.4 Å². The summed E-state index contributed by atoms with van der Waals surface area (Å²) in [6.07, 6.45) is -3.88. The molecule has 3 aromatic rings. The molecule has 1 amide bonds. The summed E-state index contributed by atoms with van der Waals surface area (Å²) in [4.78, 5) is 22.4. The summed E-state index contributed by atoms with van der Waals surface area (Å²) in [6, 6.07) is 2.61. The molecule has 166 valence electrons. The molecule has 2 aromatic heterocycles. The van der Waals surface area contributed by atoms with Gasteiger partial charge in [0.15, 0.2) is 0 Å². The fourth-order valence-electron chi connectivity index (χ4n) is 4.01. The van der Waals surface area contributed by atoms with Crippen LogP contribution in [0.3, 0.4) is 0 Å². The normalized spacial score (nSPS) is 17.2. The van der Waals surface area contributed by atoms with Gasteiger partial charge in [0.1, 0.15) is 35.7 Å². The van der Waals surface area contributed by atoms with E-state index >= 15 is 0 Å². The Morgan fingerprint density at radius 3 is 2.72 bits per heavy atom. The molecule has 2 aliphatic rings. The fraction of sp³-hybridized carbons (Fsp3) is 0.286. The van der Waals surface area contributed by atoms with E-state index in [1.165, 1.54) is 18.0 Å². The first-order valence-corrected chi connectivity index (χ1v) is 9.60. The van der Waals surface area contributed by atoms with Crippen LogP contribution in [-0.4, -0.2) is 34.4 Å². The number of alkyl halides is 3. The van der Waals surface area contributed by atoms with Crippen LogP contribution in [-0.2, 0) is 24.1 Å². The number of nitrogens with two attached hydrogens (primary N) is 1. The Morgan fingerprint density at radius 1 is 1.22 bits per heavy atom. The van der Waals surface area contributed by atoms with Gasteiger partial charge < -0.3 is 20.1 Å². The first-order chi connectivity index (χ1) is 15.1. The minimum Gasteiger partial charge on any atom is -0.489 e. The minimum absolute atomic E-state index is 0.0573. The maximum atomic E-state index is 14.8. The van der Waals surface area contributed by atoms with Gasteiger partial charge in [-0.2, -0.15) is 13.2 Å². The van der Waals surface area contributed by atoms with E-state index in [0.717, 1.165) is 17.7 Å². The Kier molecular flexibility index (Phi) is 4.48. The van der Waals surface area contributed by atoms with E-state index in [0.29, 0.717) is 22.7 Å². The molecule has 32 heavy (non-hydrogen) atoms. The van der Waals surface area contributed by atoms with Crippen molar-refractivity contribution < 1.29 is 31.8 Å². The van der Waals surface area contributed by atoms with Gasteiger partial charge in [-0.1, -0.05) is 0 Å². The van der Waals surface area contributed by atoms with Gasteiger partial charge in [0.25, 0.3) is 5.91 Å². The van der Waals surface area contributed by atoms with Gasteiger partial charge in [-0.15, -0.1) is 0 Å². The molecule has 0 aliphatic carbocycles. The average molecular weight is 448 g/mol. The highest BCUT2D eigenvalue weighted by Gasteiger charge is 2.37. The van der Waals surface area contributed by atoms with Crippen LogP contribution in [0.2, 0.25) is 0 Å². The molecule has 1 aromatic carbocycles. The second kappa shape index (κ2) is 7.02. The van der Waals surface area contributed by atoms with Gasteiger partial charge >= 0.3 is 6.18 Å².